The summed E-state index contributed by atoms with van der Waals surface area (Å²) in [6.07, 6.45) is -0.478. The van der Waals surface area contributed by atoms with Gasteiger partial charge >= 0.3 is 0 Å². The molecule has 0 fully saturated rings. The lowest BCUT2D eigenvalue weighted by molar-refractivity contribution is -0.115. The van der Waals surface area contributed by atoms with E-state index in [4.69, 9.17) is 33.7 Å². The van der Waals surface area contributed by atoms with Gasteiger partial charge in [-0.15, -0.1) is 0 Å². The average molecular weight is 217 g/mol. The Morgan fingerprint density at radius 1 is 1.15 bits per heavy atom. The van der Waals surface area contributed by atoms with Gasteiger partial charge in [0, 0.05) is 0 Å². The van der Waals surface area contributed by atoms with Gasteiger partial charge in [-0.2, -0.15) is 10.5 Å². The van der Waals surface area contributed by atoms with Gasteiger partial charge in [-0.25, -0.2) is 0 Å². The van der Waals surface area contributed by atoms with Crippen LogP contribution in [0.25, 0.3) is 0 Å². The fraction of sp³-hybridized carbons (Fsp3) is 0.143. The van der Waals surface area contributed by atoms with Crippen molar-refractivity contribution in [2.24, 2.45) is 0 Å². The maximum Gasteiger partial charge on any atom is 0.275 e. The minimum absolute atomic E-state index is 0.478. The van der Waals surface area contributed by atoms with Crippen molar-refractivity contribution < 1.29 is 9.59 Å². The zero-order valence-electron chi connectivity index (χ0n) is 6.17. The highest BCUT2D eigenvalue weighted by Gasteiger charge is 2.16. The Morgan fingerprint density at radius 2 is 1.69 bits per heavy atom. The summed E-state index contributed by atoms with van der Waals surface area (Å²) in [5, 5.41) is 15.0. The van der Waals surface area contributed by atoms with E-state index >= 15 is 0 Å². The number of halogens is 2. The topological polar surface area (TPSA) is 81.7 Å². The first kappa shape index (κ1) is 11.6. The predicted molar refractivity (Wildman–Crippen MR) is 44.6 cm³/mol. The smallest absolute Gasteiger partial charge is 0.275 e. The quantitative estimate of drug-likeness (QED) is 0.526. The second-order valence-corrected chi connectivity index (χ2v) is 2.58. The Morgan fingerprint density at radius 3 is 2.08 bits per heavy atom. The molecule has 0 atom stereocenters. The molecule has 0 N–H and O–H groups in total. The van der Waals surface area contributed by atoms with Gasteiger partial charge in [0.25, 0.3) is 5.78 Å². The van der Waals surface area contributed by atoms with Crippen LogP contribution in [0.1, 0.15) is 6.42 Å². The van der Waals surface area contributed by atoms with Crippen LogP contribution in [-0.2, 0) is 9.59 Å². The van der Waals surface area contributed by atoms with Crippen molar-refractivity contribution in [2.75, 3.05) is 0 Å². The standard InChI is InChI=1S/C7H2Cl2N2O2/c8-6(4(12)1-2-10)7(9)5(13)3-11/h1H2. The van der Waals surface area contributed by atoms with Gasteiger partial charge in [0.05, 0.1) is 12.5 Å². The lowest BCUT2D eigenvalue weighted by atomic mass is 10.2. The summed E-state index contributed by atoms with van der Waals surface area (Å²) in [6.45, 7) is 0. The third kappa shape index (κ3) is 3.25. The van der Waals surface area contributed by atoms with Crippen molar-refractivity contribution >= 4 is 34.8 Å². The first-order valence-corrected chi connectivity index (χ1v) is 3.70. The van der Waals surface area contributed by atoms with Gasteiger partial charge in [0.15, 0.2) is 5.78 Å². The van der Waals surface area contributed by atoms with Crippen LogP contribution in [0.5, 0.6) is 0 Å². The van der Waals surface area contributed by atoms with Crippen molar-refractivity contribution in [1.29, 1.82) is 10.5 Å². The van der Waals surface area contributed by atoms with Crippen molar-refractivity contribution in [1.82, 2.24) is 0 Å². The number of ketones is 2. The molecule has 0 amide bonds. The maximum atomic E-state index is 10.8. The van der Waals surface area contributed by atoms with E-state index in [2.05, 4.69) is 0 Å². The predicted octanol–water partition coefficient (Wildman–Crippen LogP) is 1.25. The largest absolute Gasteiger partial charge is 0.292 e. The van der Waals surface area contributed by atoms with E-state index in [0.29, 0.717) is 0 Å². The first-order chi connectivity index (χ1) is 6.04. The molecule has 0 aromatic carbocycles. The molecular formula is C7H2Cl2N2O2. The van der Waals surface area contributed by atoms with Gasteiger partial charge < -0.3 is 0 Å². The van der Waals surface area contributed by atoms with Crippen LogP contribution < -0.4 is 0 Å². The lowest BCUT2D eigenvalue weighted by Crippen LogP contribution is -2.03. The van der Waals surface area contributed by atoms with E-state index in [1.807, 2.05) is 0 Å². The maximum absolute atomic E-state index is 10.8. The summed E-state index contributed by atoms with van der Waals surface area (Å²) in [4.78, 5) is 21.4. The number of nitrogens with zero attached hydrogens (tertiary/aromatic N) is 2. The molecule has 0 bridgehead atoms. The Hall–Kier alpha value is -1.36. The van der Waals surface area contributed by atoms with E-state index in [1.165, 1.54) is 12.1 Å². The summed E-state index contributed by atoms with van der Waals surface area (Å²) < 4.78 is 0. The van der Waals surface area contributed by atoms with Gasteiger partial charge in [-0.3, -0.25) is 9.59 Å². The molecule has 6 heteroatoms. The van der Waals surface area contributed by atoms with Crippen molar-refractivity contribution in [3.8, 4) is 12.1 Å². The molecule has 4 nitrogen and oxygen atoms in total. The molecule has 13 heavy (non-hydrogen) atoms. The molecule has 66 valence electrons. The second kappa shape index (κ2) is 5.31. The number of carbonyl (C=O) groups excluding carboxylic acids is 2. The molecule has 0 radical (unpaired) electrons. The molecule has 0 aliphatic carbocycles. The zero-order valence-corrected chi connectivity index (χ0v) is 7.69. The summed E-state index contributed by atoms with van der Waals surface area (Å²) >= 11 is 10.6. The fourth-order valence-electron chi connectivity index (χ4n) is 0.421. The van der Waals surface area contributed by atoms with E-state index in [9.17, 15) is 9.59 Å². The lowest BCUT2D eigenvalue weighted by Gasteiger charge is -1.93. The third-order valence-electron chi connectivity index (χ3n) is 0.978. The van der Waals surface area contributed by atoms with Crippen molar-refractivity contribution in [3.63, 3.8) is 0 Å². The molecule has 0 aromatic rings. The fourth-order valence-corrected chi connectivity index (χ4v) is 0.721. The molecule has 0 aliphatic rings. The van der Waals surface area contributed by atoms with E-state index < -0.39 is 28.1 Å². The Labute approximate surface area is 84.0 Å². The van der Waals surface area contributed by atoms with Crippen LogP contribution >= 0.6 is 23.2 Å². The van der Waals surface area contributed by atoms with Gasteiger partial charge in [-0.1, -0.05) is 23.2 Å². The highest BCUT2D eigenvalue weighted by molar-refractivity contribution is 6.55. The number of carbonyl (C=O) groups is 2. The summed E-state index contributed by atoms with van der Waals surface area (Å²) in [5.74, 6) is -1.88. The number of nitriles is 2. The molecule has 0 rings (SSSR count). The van der Waals surface area contributed by atoms with Crippen LogP contribution in [0, 0.1) is 22.7 Å². The van der Waals surface area contributed by atoms with Crippen LogP contribution in [-0.4, -0.2) is 11.6 Å². The molecule has 0 saturated carbocycles. The number of Topliss-reactive ketones (excluding diaryl/α,β-unsaturated/α-hetero) is 2. The number of hydrogen-bond donors (Lipinski definition) is 0. The Balaban J connectivity index is 4.86. The monoisotopic (exact) mass is 216 g/mol. The van der Waals surface area contributed by atoms with Crippen LogP contribution in [0.15, 0.2) is 10.1 Å². The van der Waals surface area contributed by atoms with Gasteiger partial charge in [-0.05, 0) is 0 Å². The number of rotatable bonds is 3. The van der Waals surface area contributed by atoms with E-state index in [0.717, 1.165) is 0 Å². The Bertz CT molecular complexity index is 360. The van der Waals surface area contributed by atoms with Gasteiger partial charge in [0.2, 0.25) is 0 Å². The number of hydrogen-bond acceptors (Lipinski definition) is 4. The highest BCUT2D eigenvalue weighted by atomic mass is 35.5. The molecule has 0 unspecified atom stereocenters. The number of allylic oxidation sites excluding steroid dienone is 2. The molecule has 0 spiro atoms. The van der Waals surface area contributed by atoms with Crippen molar-refractivity contribution in [3.05, 3.63) is 10.1 Å². The third-order valence-corrected chi connectivity index (χ3v) is 1.84. The SMILES string of the molecule is N#CCC(=O)C(Cl)=C(Cl)C(=O)C#N. The van der Waals surface area contributed by atoms with Crippen molar-refractivity contribution in [2.45, 2.75) is 6.42 Å². The van der Waals surface area contributed by atoms with Crippen LogP contribution in [0.3, 0.4) is 0 Å². The van der Waals surface area contributed by atoms with Gasteiger partial charge in [0.1, 0.15) is 16.1 Å². The average Bonchev–Trinajstić information content (AvgIpc) is 2.14. The minimum Gasteiger partial charge on any atom is -0.292 e. The van der Waals surface area contributed by atoms with Crippen LogP contribution in [0.4, 0.5) is 0 Å². The molecule has 0 heterocycles. The first-order valence-electron chi connectivity index (χ1n) is 2.94. The molecule has 0 aliphatic heterocycles. The summed E-state index contributed by atoms with van der Waals surface area (Å²) in [7, 11) is 0. The van der Waals surface area contributed by atoms with Crippen LogP contribution in [0.2, 0.25) is 0 Å². The molecular weight excluding hydrogens is 215 g/mol. The minimum atomic E-state index is -1.10. The zero-order chi connectivity index (χ0) is 10.4. The highest BCUT2D eigenvalue weighted by Crippen LogP contribution is 2.16. The second-order valence-electron chi connectivity index (χ2n) is 1.83. The summed E-state index contributed by atoms with van der Waals surface area (Å²) in [6, 6.07) is 2.73. The van der Waals surface area contributed by atoms with E-state index in [1.54, 1.807) is 0 Å². The molecule has 0 aromatic heterocycles. The Kier molecular flexibility index (Phi) is 4.76. The normalized spacial score (nSPS) is 10.8. The van der Waals surface area contributed by atoms with E-state index in [-0.39, 0.29) is 0 Å². The summed E-state index contributed by atoms with van der Waals surface area (Å²) in [5.41, 5.74) is 0. The molecule has 0 saturated heterocycles.